The lowest BCUT2D eigenvalue weighted by Gasteiger charge is -2.27. The quantitative estimate of drug-likeness (QED) is 0.549. The third-order valence-corrected chi connectivity index (χ3v) is 2.73. The maximum Gasteiger partial charge on any atom is 0.0787 e. The van der Waals surface area contributed by atoms with E-state index >= 15 is 0 Å². The molecule has 0 aromatic carbocycles. The Labute approximate surface area is 87.4 Å². The van der Waals surface area contributed by atoms with Gasteiger partial charge in [-0.1, -0.05) is 0 Å². The van der Waals surface area contributed by atoms with Gasteiger partial charge in [0.15, 0.2) is 0 Å². The van der Waals surface area contributed by atoms with Crippen molar-refractivity contribution in [2.24, 2.45) is 0 Å². The zero-order valence-corrected chi connectivity index (χ0v) is 9.68. The first-order valence-electron chi connectivity index (χ1n) is 5.24. The maximum absolute atomic E-state index is 5.97. The molecule has 1 saturated heterocycles. The van der Waals surface area contributed by atoms with Crippen molar-refractivity contribution in [3.05, 3.63) is 0 Å². The van der Waals surface area contributed by atoms with E-state index in [4.69, 9.17) is 11.2 Å². The van der Waals surface area contributed by atoms with Gasteiger partial charge in [-0.2, -0.15) is 0 Å². The molecule has 0 aliphatic carbocycles. The molecule has 1 rings (SSSR count). The molecule has 1 unspecified atom stereocenters. The minimum atomic E-state index is -0.0852. The van der Waals surface area contributed by atoms with Crippen LogP contribution in [0, 0.1) is 12.3 Å². The van der Waals surface area contributed by atoms with Gasteiger partial charge in [0.05, 0.1) is 11.2 Å². The minimum Gasteiger partial charge on any atom is -0.368 e. The summed E-state index contributed by atoms with van der Waals surface area (Å²) >= 11 is 0. The Morgan fingerprint density at radius 1 is 1.43 bits per heavy atom. The van der Waals surface area contributed by atoms with Crippen LogP contribution in [0.15, 0.2) is 0 Å². The van der Waals surface area contributed by atoms with Crippen molar-refractivity contribution in [2.45, 2.75) is 57.8 Å². The molecule has 0 spiro atoms. The van der Waals surface area contributed by atoms with Crippen molar-refractivity contribution in [1.82, 2.24) is 5.32 Å². The van der Waals surface area contributed by atoms with Crippen molar-refractivity contribution in [3.63, 3.8) is 0 Å². The standard InChI is InChI=1S/C12H21NO/c1-6-7-8-13-10-9-11(2,3)14-12(10,4)5/h1,10,13H,7-9H2,2-5H3. The first kappa shape index (κ1) is 11.6. The molecule has 1 N–H and O–H groups in total. The number of nitrogens with one attached hydrogen (secondary N) is 1. The predicted octanol–water partition coefficient (Wildman–Crippen LogP) is 1.95. The number of hydrogen-bond acceptors (Lipinski definition) is 2. The second-order valence-corrected chi connectivity index (χ2v) is 5.13. The van der Waals surface area contributed by atoms with Crippen LogP contribution in [0.25, 0.3) is 0 Å². The van der Waals surface area contributed by atoms with Crippen LogP contribution >= 0.6 is 0 Å². The molecule has 1 aliphatic rings. The van der Waals surface area contributed by atoms with E-state index in [2.05, 4.69) is 38.9 Å². The van der Waals surface area contributed by atoms with Crippen LogP contribution in [-0.4, -0.2) is 23.8 Å². The summed E-state index contributed by atoms with van der Waals surface area (Å²) in [4.78, 5) is 0. The Morgan fingerprint density at radius 2 is 2.07 bits per heavy atom. The molecule has 0 aromatic rings. The first-order valence-corrected chi connectivity index (χ1v) is 5.24. The summed E-state index contributed by atoms with van der Waals surface area (Å²) in [6, 6.07) is 0.408. The molecule has 2 nitrogen and oxygen atoms in total. The normalized spacial score (nSPS) is 28.6. The molecule has 0 amide bonds. The largest absolute Gasteiger partial charge is 0.368 e. The SMILES string of the molecule is C#CCCNC1CC(C)(C)OC1(C)C. The molecular weight excluding hydrogens is 174 g/mol. The highest BCUT2D eigenvalue weighted by atomic mass is 16.5. The lowest BCUT2D eigenvalue weighted by molar-refractivity contribution is -0.0697. The highest BCUT2D eigenvalue weighted by Gasteiger charge is 2.45. The lowest BCUT2D eigenvalue weighted by Crippen LogP contribution is -2.43. The van der Waals surface area contributed by atoms with Gasteiger partial charge in [0, 0.05) is 19.0 Å². The van der Waals surface area contributed by atoms with Crippen LogP contribution in [0.1, 0.15) is 40.5 Å². The number of terminal acetylenes is 1. The molecule has 0 bridgehead atoms. The molecule has 14 heavy (non-hydrogen) atoms. The van der Waals surface area contributed by atoms with E-state index in [1.54, 1.807) is 0 Å². The van der Waals surface area contributed by atoms with Gasteiger partial charge < -0.3 is 10.1 Å². The van der Waals surface area contributed by atoms with Gasteiger partial charge in [0.25, 0.3) is 0 Å². The topological polar surface area (TPSA) is 21.3 Å². The summed E-state index contributed by atoms with van der Waals surface area (Å²) in [6.45, 7) is 9.42. The van der Waals surface area contributed by atoms with Gasteiger partial charge in [-0.25, -0.2) is 0 Å². The predicted molar refractivity (Wildman–Crippen MR) is 59.1 cm³/mol. The van der Waals surface area contributed by atoms with Crippen LogP contribution in [-0.2, 0) is 4.74 Å². The van der Waals surface area contributed by atoms with Gasteiger partial charge in [-0.3, -0.25) is 0 Å². The van der Waals surface area contributed by atoms with Crippen molar-refractivity contribution < 1.29 is 4.74 Å². The van der Waals surface area contributed by atoms with Gasteiger partial charge in [0.1, 0.15) is 0 Å². The fourth-order valence-corrected chi connectivity index (χ4v) is 2.20. The maximum atomic E-state index is 5.97. The molecule has 1 fully saturated rings. The Kier molecular flexibility index (Phi) is 3.24. The molecule has 2 heteroatoms. The third-order valence-electron chi connectivity index (χ3n) is 2.73. The number of rotatable bonds is 3. The summed E-state index contributed by atoms with van der Waals surface area (Å²) in [5.41, 5.74) is -0.102. The average Bonchev–Trinajstić information content (AvgIpc) is 2.20. The molecule has 0 radical (unpaired) electrons. The monoisotopic (exact) mass is 195 g/mol. The lowest BCUT2D eigenvalue weighted by atomic mass is 9.94. The molecule has 0 aromatic heterocycles. The van der Waals surface area contributed by atoms with E-state index in [-0.39, 0.29) is 11.2 Å². The van der Waals surface area contributed by atoms with Gasteiger partial charge in [0.2, 0.25) is 0 Å². The van der Waals surface area contributed by atoms with Crippen LogP contribution in [0.5, 0.6) is 0 Å². The van der Waals surface area contributed by atoms with Crippen molar-refractivity contribution >= 4 is 0 Å². The second kappa shape index (κ2) is 3.92. The van der Waals surface area contributed by atoms with Crippen LogP contribution in [0.4, 0.5) is 0 Å². The highest BCUT2D eigenvalue weighted by Crippen LogP contribution is 2.37. The Balaban J connectivity index is 2.49. The molecule has 1 heterocycles. The molecular formula is C12H21NO. The molecule has 0 saturated carbocycles. The van der Waals surface area contributed by atoms with E-state index in [9.17, 15) is 0 Å². The van der Waals surface area contributed by atoms with E-state index < -0.39 is 0 Å². The Bertz CT molecular complexity index is 237. The Morgan fingerprint density at radius 3 is 2.50 bits per heavy atom. The van der Waals surface area contributed by atoms with Gasteiger partial charge >= 0.3 is 0 Å². The number of ether oxygens (including phenoxy) is 1. The first-order chi connectivity index (χ1) is 6.37. The Hall–Kier alpha value is -0.520. The summed E-state index contributed by atoms with van der Waals surface area (Å²) in [6.07, 6.45) is 7.04. The van der Waals surface area contributed by atoms with Crippen molar-refractivity contribution in [1.29, 1.82) is 0 Å². The number of hydrogen-bond donors (Lipinski definition) is 1. The van der Waals surface area contributed by atoms with Crippen LogP contribution in [0.3, 0.4) is 0 Å². The summed E-state index contributed by atoms with van der Waals surface area (Å²) in [7, 11) is 0. The van der Waals surface area contributed by atoms with Crippen LogP contribution < -0.4 is 5.32 Å². The highest BCUT2D eigenvalue weighted by molar-refractivity contribution is 4.99. The van der Waals surface area contributed by atoms with E-state index in [1.807, 2.05) is 0 Å². The zero-order chi connectivity index (χ0) is 10.8. The molecule has 1 aliphatic heterocycles. The van der Waals surface area contributed by atoms with E-state index in [1.165, 1.54) is 0 Å². The zero-order valence-electron chi connectivity index (χ0n) is 9.68. The molecule has 80 valence electrons. The van der Waals surface area contributed by atoms with Crippen molar-refractivity contribution in [3.8, 4) is 12.3 Å². The van der Waals surface area contributed by atoms with Gasteiger partial charge in [-0.05, 0) is 34.1 Å². The fourth-order valence-electron chi connectivity index (χ4n) is 2.20. The van der Waals surface area contributed by atoms with Crippen molar-refractivity contribution in [2.75, 3.05) is 6.54 Å². The van der Waals surface area contributed by atoms with E-state index in [0.717, 1.165) is 19.4 Å². The van der Waals surface area contributed by atoms with E-state index in [0.29, 0.717) is 6.04 Å². The summed E-state index contributed by atoms with van der Waals surface area (Å²) in [5, 5.41) is 3.46. The minimum absolute atomic E-state index is 0.0166. The fraction of sp³-hybridized carbons (Fsp3) is 0.833. The summed E-state index contributed by atoms with van der Waals surface area (Å²) < 4.78 is 5.97. The smallest absolute Gasteiger partial charge is 0.0787 e. The summed E-state index contributed by atoms with van der Waals surface area (Å²) in [5.74, 6) is 2.64. The second-order valence-electron chi connectivity index (χ2n) is 5.13. The average molecular weight is 195 g/mol. The molecule has 1 atom stereocenters. The van der Waals surface area contributed by atoms with Gasteiger partial charge in [-0.15, -0.1) is 12.3 Å². The van der Waals surface area contributed by atoms with Crippen LogP contribution in [0.2, 0.25) is 0 Å². The third kappa shape index (κ3) is 2.73.